The van der Waals surface area contributed by atoms with Crippen LogP contribution in [0.1, 0.15) is 42.8 Å². The SMILES string of the molecule is CCC(CC)(CNC(=O)c1oc2ccccc2c1COC)C(=O)O. The summed E-state index contributed by atoms with van der Waals surface area (Å²) < 4.78 is 10.8. The number of carbonyl (C=O) groups is 2. The molecule has 0 aliphatic rings. The highest BCUT2D eigenvalue weighted by molar-refractivity contribution is 5.99. The predicted octanol–water partition coefficient (Wildman–Crippen LogP) is 3.20. The minimum Gasteiger partial charge on any atom is -0.481 e. The van der Waals surface area contributed by atoms with Gasteiger partial charge in [-0.25, -0.2) is 0 Å². The molecule has 2 aromatic rings. The third-order valence-electron chi connectivity index (χ3n) is 4.59. The first-order chi connectivity index (χ1) is 11.5. The van der Waals surface area contributed by atoms with E-state index >= 15 is 0 Å². The van der Waals surface area contributed by atoms with Crippen LogP contribution in [0.2, 0.25) is 0 Å². The average molecular weight is 333 g/mol. The topological polar surface area (TPSA) is 88.8 Å². The molecule has 1 aromatic carbocycles. The Morgan fingerprint density at radius 1 is 1.25 bits per heavy atom. The second kappa shape index (κ2) is 7.49. The van der Waals surface area contributed by atoms with E-state index in [1.807, 2.05) is 18.2 Å². The van der Waals surface area contributed by atoms with Gasteiger partial charge in [0.2, 0.25) is 0 Å². The van der Waals surface area contributed by atoms with Crippen LogP contribution >= 0.6 is 0 Å². The van der Waals surface area contributed by atoms with E-state index in [1.165, 1.54) is 0 Å². The number of ether oxygens (including phenoxy) is 1. The van der Waals surface area contributed by atoms with Gasteiger partial charge in [0.25, 0.3) is 5.91 Å². The van der Waals surface area contributed by atoms with E-state index in [-0.39, 0.29) is 18.9 Å². The molecule has 1 aromatic heterocycles. The fourth-order valence-electron chi connectivity index (χ4n) is 2.78. The Kier molecular flexibility index (Phi) is 5.62. The van der Waals surface area contributed by atoms with Crippen LogP contribution in [-0.4, -0.2) is 30.6 Å². The molecule has 1 heterocycles. The number of fused-ring (bicyclic) bond motifs is 1. The van der Waals surface area contributed by atoms with Crippen LogP contribution in [-0.2, 0) is 16.1 Å². The first kappa shape index (κ1) is 18.0. The second-order valence-corrected chi connectivity index (χ2v) is 5.81. The number of furan rings is 1. The zero-order valence-corrected chi connectivity index (χ0v) is 14.2. The van der Waals surface area contributed by atoms with Gasteiger partial charge in [-0.05, 0) is 18.9 Å². The zero-order chi connectivity index (χ0) is 17.7. The van der Waals surface area contributed by atoms with Crippen LogP contribution in [0.25, 0.3) is 11.0 Å². The van der Waals surface area contributed by atoms with Crippen molar-refractivity contribution in [1.82, 2.24) is 5.32 Å². The summed E-state index contributed by atoms with van der Waals surface area (Å²) in [6.45, 7) is 3.91. The molecule has 0 radical (unpaired) electrons. The standard InChI is InChI=1S/C18H23NO5/c1-4-18(5-2,17(21)22)11-19-16(20)15-13(10-23-3)12-8-6-7-9-14(12)24-15/h6-9H,4-5,10-11H2,1-3H3,(H,19,20)(H,21,22). The van der Waals surface area contributed by atoms with Gasteiger partial charge in [0.05, 0.1) is 12.0 Å². The fraction of sp³-hybridized carbons (Fsp3) is 0.444. The van der Waals surface area contributed by atoms with Crippen LogP contribution in [0, 0.1) is 5.41 Å². The summed E-state index contributed by atoms with van der Waals surface area (Å²) in [5, 5.41) is 13.0. The van der Waals surface area contributed by atoms with E-state index in [1.54, 1.807) is 27.0 Å². The molecule has 0 unspecified atom stereocenters. The lowest BCUT2D eigenvalue weighted by atomic mass is 9.82. The van der Waals surface area contributed by atoms with Crippen LogP contribution in [0.3, 0.4) is 0 Å². The molecule has 6 nitrogen and oxygen atoms in total. The summed E-state index contributed by atoms with van der Waals surface area (Å²) in [6, 6.07) is 7.34. The molecule has 0 saturated carbocycles. The van der Waals surface area contributed by atoms with Crippen LogP contribution < -0.4 is 5.32 Å². The largest absolute Gasteiger partial charge is 0.481 e. The van der Waals surface area contributed by atoms with E-state index in [0.29, 0.717) is 24.0 Å². The smallest absolute Gasteiger partial charge is 0.311 e. The van der Waals surface area contributed by atoms with E-state index in [0.717, 1.165) is 5.39 Å². The van der Waals surface area contributed by atoms with E-state index in [4.69, 9.17) is 9.15 Å². The van der Waals surface area contributed by atoms with Crippen molar-refractivity contribution >= 4 is 22.8 Å². The zero-order valence-electron chi connectivity index (χ0n) is 14.2. The van der Waals surface area contributed by atoms with Crippen molar-refractivity contribution < 1.29 is 23.8 Å². The Bertz CT molecular complexity index is 730. The lowest BCUT2D eigenvalue weighted by molar-refractivity contribution is -0.149. The van der Waals surface area contributed by atoms with Crippen LogP contribution in [0.5, 0.6) is 0 Å². The number of para-hydroxylation sites is 1. The highest BCUT2D eigenvalue weighted by Crippen LogP contribution is 2.28. The van der Waals surface area contributed by atoms with E-state index < -0.39 is 17.3 Å². The third kappa shape index (κ3) is 3.28. The highest BCUT2D eigenvalue weighted by Gasteiger charge is 2.35. The Hall–Kier alpha value is -2.34. The molecule has 0 spiro atoms. The van der Waals surface area contributed by atoms with Crippen molar-refractivity contribution in [3.05, 3.63) is 35.6 Å². The summed E-state index contributed by atoms with van der Waals surface area (Å²) in [7, 11) is 1.55. The van der Waals surface area contributed by atoms with Gasteiger partial charge in [0, 0.05) is 24.6 Å². The molecule has 0 aliphatic heterocycles. The fourth-order valence-corrected chi connectivity index (χ4v) is 2.78. The summed E-state index contributed by atoms with van der Waals surface area (Å²) in [6.07, 6.45) is 0.869. The molecule has 0 atom stereocenters. The molecule has 0 saturated heterocycles. The maximum Gasteiger partial charge on any atom is 0.311 e. The number of carboxylic acid groups (broad SMARTS) is 1. The van der Waals surface area contributed by atoms with Gasteiger partial charge < -0.3 is 19.6 Å². The number of amides is 1. The molecule has 130 valence electrons. The van der Waals surface area contributed by atoms with E-state index in [2.05, 4.69) is 5.32 Å². The molecule has 0 aliphatic carbocycles. The number of methoxy groups -OCH3 is 1. The van der Waals surface area contributed by atoms with Gasteiger partial charge in [0.1, 0.15) is 5.58 Å². The molecule has 0 bridgehead atoms. The molecule has 6 heteroatoms. The molecule has 2 rings (SSSR count). The molecule has 0 fully saturated rings. The van der Waals surface area contributed by atoms with Crippen molar-refractivity contribution in [2.75, 3.05) is 13.7 Å². The Balaban J connectivity index is 2.28. The highest BCUT2D eigenvalue weighted by atomic mass is 16.5. The quantitative estimate of drug-likeness (QED) is 0.774. The summed E-state index contributed by atoms with van der Waals surface area (Å²) in [4.78, 5) is 24.1. The lowest BCUT2D eigenvalue weighted by Gasteiger charge is -2.26. The van der Waals surface area contributed by atoms with Crippen molar-refractivity contribution in [2.45, 2.75) is 33.3 Å². The second-order valence-electron chi connectivity index (χ2n) is 5.81. The number of hydrogen-bond donors (Lipinski definition) is 2. The van der Waals surface area contributed by atoms with Gasteiger partial charge in [-0.2, -0.15) is 0 Å². The Labute approximate surface area is 140 Å². The summed E-state index contributed by atoms with van der Waals surface area (Å²) >= 11 is 0. The first-order valence-electron chi connectivity index (χ1n) is 8.00. The van der Waals surface area contributed by atoms with Crippen LogP contribution in [0.4, 0.5) is 0 Å². The lowest BCUT2D eigenvalue weighted by Crippen LogP contribution is -2.42. The number of nitrogens with one attached hydrogen (secondary N) is 1. The predicted molar refractivity (Wildman–Crippen MR) is 89.9 cm³/mol. The van der Waals surface area contributed by atoms with Gasteiger partial charge in [0.15, 0.2) is 5.76 Å². The third-order valence-corrected chi connectivity index (χ3v) is 4.59. The minimum atomic E-state index is -0.969. The maximum absolute atomic E-state index is 12.6. The number of benzene rings is 1. The number of carbonyl (C=O) groups excluding carboxylic acids is 1. The van der Waals surface area contributed by atoms with Crippen molar-refractivity contribution in [3.63, 3.8) is 0 Å². The van der Waals surface area contributed by atoms with E-state index in [9.17, 15) is 14.7 Å². The monoisotopic (exact) mass is 333 g/mol. The number of rotatable bonds is 8. The number of aliphatic carboxylic acids is 1. The minimum absolute atomic E-state index is 0.0532. The number of hydrogen-bond acceptors (Lipinski definition) is 4. The molecular formula is C18H23NO5. The first-order valence-corrected chi connectivity index (χ1v) is 8.00. The van der Waals surface area contributed by atoms with Gasteiger partial charge >= 0.3 is 5.97 Å². The molecule has 2 N–H and O–H groups in total. The van der Waals surface area contributed by atoms with Gasteiger partial charge in [-0.1, -0.05) is 32.0 Å². The Morgan fingerprint density at radius 2 is 1.92 bits per heavy atom. The molecular weight excluding hydrogens is 310 g/mol. The van der Waals surface area contributed by atoms with Crippen molar-refractivity contribution in [2.24, 2.45) is 5.41 Å². The maximum atomic E-state index is 12.6. The van der Waals surface area contributed by atoms with Gasteiger partial charge in [-0.3, -0.25) is 9.59 Å². The van der Waals surface area contributed by atoms with Crippen molar-refractivity contribution in [3.8, 4) is 0 Å². The van der Waals surface area contributed by atoms with Crippen molar-refractivity contribution in [1.29, 1.82) is 0 Å². The summed E-state index contributed by atoms with van der Waals surface area (Å²) in [5.74, 6) is -1.16. The normalized spacial score (nSPS) is 11.6. The average Bonchev–Trinajstić information content (AvgIpc) is 2.95. The number of carboxylic acids is 1. The summed E-state index contributed by atoms with van der Waals surface area (Å²) in [5.41, 5.74) is 0.299. The van der Waals surface area contributed by atoms with Gasteiger partial charge in [-0.15, -0.1) is 0 Å². The Morgan fingerprint density at radius 3 is 2.50 bits per heavy atom. The molecule has 24 heavy (non-hydrogen) atoms. The molecule has 1 amide bonds. The van der Waals surface area contributed by atoms with Crippen LogP contribution in [0.15, 0.2) is 28.7 Å².